The van der Waals surface area contributed by atoms with Gasteiger partial charge in [0.1, 0.15) is 23.8 Å². The number of morpholine rings is 1. The predicted octanol–water partition coefficient (Wildman–Crippen LogP) is 4.95. The number of amides is 1. The normalized spacial score (nSPS) is 17.9. The molecule has 0 radical (unpaired) electrons. The molecule has 1 fully saturated rings. The van der Waals surface area contributed by atoms with Crippen molar-refractivity contribution in [1.29, 1.82) is 0 Å². The van der Waals surface area contributed by atoms with Gasteiger partial charge < -0.3 is 24.1 Å². The van der Waals surface area contributed by atoms with Gasteiger partial charge in [-0.1, -0.05) is 42.5 Å². The van der Waals surface area contributed by atoms with Crippen LogP contribution < -0.4 is 15.0 Å². The number of carbonyl (C=O) groups is 1. The van der Waals surface area contributed by atoms with Crippen LogP contribution in [-0.4, -0.2) is 36.2 Å². The first kappa shape index (κ1) is 22.9. The number of anilines is 1. The van der Waals surface area contributed by atoms with E-state index < -0.39 is 0 Å². The standard InChI is InChI=1S/C28H29N3O4/c1-19-16-31(17-20(2)34-19)26-13-12-21(14-29-26)15-30-28(32)27-24(18-33-22-8-4-3-5-9-22)23-10-6-7-11-25(23)35-27/h3-14,19-20H,15-18H2,1-2H3,(H,30,32). The summed E-state index contributed by atoms with van der Waals surface area (Å²) in [4.78, 5) is 19.9. The summed E-state index contributed by atoms with van der Waals surface area (Å²) in [5.74, 6) is 1.63. The average Bonchev–Trinajstić information content (AvgIpc) is 3.25. The van der Waals surface area contributed by atoms with Gasteiger partial charge in [0.2, 0.25) is 0 Å². The molecule has 4 aromatic rings. The van der Waals surface area contributed by atoms with E-state index in [2.05, 4.69) is 29.0 Å². The molecular formula is C28H29N3O4. The van der Waals surface area contributed by atoms with Gasteiger partial charge in [0.25, 0.3) is 5.91 Å². The van der Waals surface area contributed by atoms with Gasteiger partial charge in [-0.15, -0.1) is 0 Å². The van der Waals surface area contributed by atoms with Gasteiger partial charge in [-0.3, -0.25) is 4.79 Å². The maximum Gasteiger partial charge on any atom is 0.287 e. The Balaban J connectivity index is 1.27. The molecule has 7 heteroatoms. The topological polar surface area (TPSA) is 76.8 Å². The van der Waals surface area contributed by atoms with Crippen LogP contribution in [0.2, 0.25) is 0 Å². The molecule has 7 nitrogen and oxygen atoms in total. The minimum absolute atomic E-state index is 0.170. The highest BCUT2D eigenvalue weighted by Gasteiger charge is 2.23. The quantitative estimate of drug-likeness (QED) is 0.411. The van der Waals surface area contributed by atoms with Gasteiger partial charge in [0, 0.05) is 36.8 Å². The van der Waals surface area contributed by atoms with Crippen LogP contribution >= 0.6 is 0 Å². The fourth-order valence-corrected chi connectivity index (χ4v) is 4.43. The second-order valence-electron chi connectivity index (χ2n) is 8.88. The van der Waals surface area contributed by atoms with Crippen LogP contribution in [0.3, 0.4) is 0 Å². The molecule has 5 rings (SSSR count). The Bertz CT molecular complexity index is 1280. The first-order valence-electron chi connectivity index (χ1n) is 11.9. The van der Waals surface area contributed by atoms with Gasteiger partial charge in [-0.2, -0.15) is 0 Å². The summed E-state index contributed by atoms with van der Waals surface area (Å²) in [6.45, 7) is 6.35. The molecule has 2 aromatic heterocycles. The van der Waals surface area contributed by atoms with E-state index in [-0.39, 0.29) is 30.5 Å². The zero-order chi connectivity index (χ0) is 24.2. The van der Waals surface area contributed by atoms with E-state index in [0.29, 0.717) is 12.1 Å². The smallest absolute Gasteiger partial charge is 0.287 e. The van der Waals surface area contributed by atoms with Crippen LogP contribution in [0.1, 0.15) is 35.5 Å². The van der Waals surface area contributed by atoms with Crippen molar-refractivity contribution in [3.05, 3.63) is 89.8 Å². The number of furan rings is 1. The van der Waals surface area contributed by atoms with E-state index in [1.807, 2.05) is 66.7 Å². The van der Waals surface area contributed by atoms with Gasteiger partial charge in [-0.25, -0.2) is 4.98 Å². The van der Waals surface area contributed by atoms with E-state index in [1.165, 1.54) is 0 Å². The Morgan fingerprint density at radius 2 is 1.77 bits per heavy atom. The Kier molecular flexibility index (Phi) is 6.68. The largest absolute Gasteiger partial charge is 0.489 e. The van der Waals surface area contributed by atoms with Crippen molar-refractivity contribution in [2.45, 2.75) is 39.2 Å². The van der Waals surface area contributed by atoms with Crippen molar-refractivity contribution >= 4 is 22.7 Å². The van der Waals surface area contributed by atoms with E-state index in [9.17, 15) is 4.79 Å². The third-order valence-electron chi connectivity index (χ3n) is 6.04. The number of hydrogen-bond acceptors (Lipinski definition) is 6. The van der Waals surface area contributed by atoms with Crippen LogP contribution in [0.5, 0.6) is 5.75 Å². The Morgan fingerprint density at radius 1 is 1.03 bits per heavy atom. The van der Waals surface area contributed by atoms with E-state index in [0.717, 1.165) is 41.2 Å². The highest BCUT2D eigenvalue weighted by atomic mass is 16.5. The van der Waals surface area contributed by atoms with Crippen LogP contribution in [0.25, 0.3) is 11.0 Å². The SMILES string of the molecule is CC1CN(c2ccc(CNC(=O)c3oc4ccccc4c3COc3ccccc3)cn2)CC(C)O1. The van der Waals surface area contributed by atoms with Crippen molar-refractivity contribution < 1.29 is 18.7 Å². The summed E-state index contributed by atoms with van der Waals surface area (Å²) >= 11 is 0. The first-order valence-corrected chi connectivity index (χ1v) is 11.9. The van der Waals surface area contributed by atoms with Crippen LogP contribution in [-0.2, 0) is 17.9 Å². The zero-order valence-corrected chi connectivity index (χ0v) is 19.9. The molecule has 2 atom stereocenters. The number of ether oxygens (including phenoxy) is 2. The van der Waals surface area contributed by atoms with Gasteiger partial charge in [0.15, 0.2) is 5.76 Å². The lowest BCUT2D eigenvalue weighted by Crippen LogP contribution is -2.45. The van der Waals surface area contributed by atoms with Crippen molar-refractivity contribution in [1.82, 2.24) is 10.3 Å². The molecule has 2 aromatic carbocycles. The summed E-state index contributed by atoms with van der Waals surface area (Å²) in [5.41, 5.74) is 2.30. The number of nitrogens with zero attached hydrogens (tertiary/aromatic N) is 2. The number of rotatable bonds is 7. The Labute approximate surface area is 204 Å². The molecular weight excluding hydrogens is 442 g/mol. The number of benzene rings is 2. The minimum atomic E-state index is -0.284. The molecule has 1 aliphatic rings. The zero-order valence-electron chi connectivity index (χ0n) is 19.9. The summed E-state index contributed by atoms with van der Waals surface area (Å²) in [6, 6.07) is 21.1. The van der Waals surface area contributed by atoms with Crippen molar-refractivity contribution in [3.8, 4) is 5.75 Å². The molecule has 0 bridgehead atoms. The van der Waals surface area contributed by atoms with Crippen LogP contribution in [0.15, 0.2) is 77.3 Å². The molecule has 180 valence electrons. The highest BCUT2D eigenvalue weighted by molar-refractivity contribution is 5.99. The van der Waals surface area contributed by atoms with Crippen LogP contribution in [0.4, 0.5) is 5.82 Å². The third kappa shape index (κ3) is 5.30. The van der Waals surface area contributed by atoms with Crippen LogP contribution in [0, 0.1) is 0 Å². The second-order valence-corrected chi connectivity index (χ2v) is 8.88. The number of pyridine rings is 1. The molecule has 0 aliphatic carbocycles. The molecule has 1 aliphatic heterocycles. The molecule has 1 saturated heterocycles. The monoisotopic (exact) mass is 471 g/mol. The van der Waals surface area contributed by atoms with Gasteiger partial charge in [-0.05, 0) is 43.7 Å². The van der Waals surface area contributed by atoms with Gasteiger partial charge >= 0.3 is 0 Å². The molecule has 2 unspecified atom stereocenters. The molecule has 0 spiro atoms. The Hall–Kier alpha value is -3.84. The maximum absolute atomic E-state index is 13.1. The van der Waals surface area contributed by atoms with Crippen molar-refractivity contribution in [2.24, 2.45) is 0 Å². The van der Waals surface area contributed by atoms with Gasteiger partial charge in [0.05, 0.1) is 12.2 Å². The lowest BCUT2D eigenvalue weighted by atomic mass is 10.1. The average molecular weight is 472 g/mol. The van der Waals surface area contributed by atoms with E-state index >= 15 is 0 Å². The molecule has 0 saturated carbocycles. The lowest BCUT2D eigenvalue weighted by Gasteiger charge is -2.36. The summed E-state index contributed by atoms with van der Waals surface area (Å²) in [5, 5.41) is 3.84. The number of nitrogens with one attached hydrogen (secondary N) is 1. The number of carbonyl (C=O) groups excluding carboxylic acids is 1. The van der Waals surface area contributed by atoms with E-state index in [4.69, 9.17) is 13.9 Å². The van der Waals surface area contributed by atoms with Crippen molar-refractivity contribution in [2.75, 3.05) is 18.0 Å². The number of aromatic nitrogens is 1. The fraction of sp³-hybridized carbons (Fsp3) is 0.286. The van der Waals surface area contributed by atoms with E-state index in [1.54, 1.807) is 6.20 Å². The molecule has 1 amide bonds. The summed E-state index contributed by atoms with van der Waals surface area (Å²) in [7, 11) is 0. The maximum atomic E-state index is 13.1. The second kappa shape index (κ2) is 10.2. The summed E-state index contributed by atoms with van der Waals surface area (Å²) in [6.07, 6.45) is 2.14. The molecule has 1 N–H and O–H groups in total. The minimum Gasteiger partial charge on any atom is -0.489 e. The molecule has 35 heavy (non-hydrogen) atoms. The fourth-order valence-electron chi connectivity index (χ4n) is 4.43. The number of para-hydroxylation sites is 2. The summed E-state index contributed by atoms with van der Waals surface area (Å²) < 4.78 is 17.7. The predicted molar refractivity (Wildman–Crippen MR) is 135 cm³/mol. The Morgan fingerprint density at radius 3 is 2.51 bits per heavy atom. The third-order valence-corrected chi connectivity index (χ3v) is 6.04. The molecule has 3 heterocycles. The number of hydrogen-bond donors (Lipinski definition) is 1. The highest BCUT2D eigenvalue weighted by Crippen LogP contribution is 2.27. The first-order chi connectivity index (χ1) is 17.1. The number of fused-ring (bicyclic) bond motifs is 1. The van der Waals surface area contributed by atoms with Crippen molar-refractivity contribution in [3.63, 3.8) is 0 Å². The lowest BCUT2D eigenvalue weighted by molar-refractivity contribution is -0.00546.